The van der Waals surface area contributed by atoms with Crippen LogP contribution in [0.15, 0.2) is 18.2 Å². The molecular formula is C12H15NO5. The summed E-state index contributed by atoms with van der Waals surface area (Å²) < 4.78 is 5.48. The summed E-state index contributed by atoms with van der Waals surface area (Å²) in [5.41, 5.74) is 0.559. The number of para-hydroxylation sites is 1. The van der Waals surface area contributed by atoms with Crippen molar-refractivity contribution in [2.45, 2.75) is 32.8 Å². The molecular weight excluding hydrogens is 238 g/mol. The number of hydrogen-bond acceptors (Lipinski definition) is 4. The molecule has 18 heavy (non-hydrogen) atoms. The van der Waals surface area contributed by atoms with Gasteiger partial charge in [0.1, 0.15) is 0 Å². The Morgan fingerprint density at radius 3 is 2.78 bits per heavy atom. The Morgan fingerprint density at radius 2 is 2.22 bits per heavy atom. The fourth-order valence-corrected chi connectivity index (χ4v) is 1.52. The van der Waals surface area contributed by atoms with Crippen molar-refractivity contribution >= 4 is 11.7 Å². The highest BCUT2D eigenvalue weighted by Gasteiger charge is 2.19. The quantitative estimate of drug-likeness (QED) is 0.621. The second-order valence-electron chi connectivity index (χ2n) is 4.04. The molecule has 1 atom stereocenters. The molecule has 1 rings (SSSR count). The highest BCUT2D eigenvalue weighted by atomic mass is 16.6. The Kier molecular flexibility index (Phi) is 4.65. The zero-order chi connectivity index (χ0) is 13.7. The van der Waals surface area contributed by atoms with Crippen molar-refractivity contribution in [2.75, 3.05) is 0 Å². The third-order valence-corrected chi connectivity index (χ3v) is 2.47. The monoisotopic (exact) mass is 253 g/mol. The number of rotatable bonds is 6. The molecule has 0 saturated carbocycles. The molecule has 6 nitrogen and oxygen atoms in total. The standard InChI is InChI=1S/C12H15NO5/c1-8-4-3-5-10(13(16)17)12(8)18-9(2)6-7-11(14)15/h3-5,9H,6-7H2,1-2H3,(H,14,15). The molecule has 0 heterocycles. The maximum Gasteiger partial charge on any atom is 0.311 e. The number of hydrogen-bond donors (Lipinski definition) is 1. The number of nitro groups is 1. The van der Waals surface area contributed by atoms with Crippen molar-refractivity contribution in [3.63, 3.8) is 0 Å². The zero-order valence-corrected chi connectivity index (χ0v) is 10.3. The van der Waals surface area contributed by atoms with Crippen molar-refractivity contribution in [3.05, 3.63) is 33.9 Å². The number of nitro benzene ring substituents is 1. The SMILES string of the molecule is Cc1cccc([N+](=O)[O-])c1OC(C)CCC(=O)O. The summed E-state index contributed by atoms with van der Waals surface area (Å²) in [7, 11) is 0. The van der Waals surface area contributed by atoms with Crippen LogP contribution in [-0.2, 0) is 4.79 Å². The van der Waals surface area contributed by atoms with Gasteiger partial charge in [0.15, 0.2) is 5.75 Å². The molecule has 1 unspecified atom stereocenters. The summed E-state index contributed by atoms with van der Waals surface area (Å²) in [5, 5.41) is 19.4. The minimum absolute atomic E-state index is 0.0269. The first kappa shape index (κ1) is 14.0. The number of carboxylic acid groups (broad SMARTS) is 1. The average Bonchev–Trinajstić information content (AvgIpc) is 2.28. The van der Waals surface area contributed by atoms with Crippen molar-refractivity contribution < 1.29 is 19.6 Å². The summed E-state index contributed by atoms with van der Waals surface area (Å²) in [6.45, 7) is 3.41. The number of nitrogens with zero attached hydrogens (tertiary/aromatic N) is 1. The van der Waals surface area contributed by atoms with Crippen LogP contribution in [-0.4, -0.2) is 22.1 Å². The molecule has 0 bridgehead atoms. The van der Waals surface area contributed by atoms with E-state index in [0.29, 0.717) is 12.0 Å². The van der Waals surface area contributed by atoms with E-state index in [-0.39, 0.29) is 24.0 Å². The summed E-state index contributed by atoms with van der Waals surface area (Å²) >= 11 is 0. The molecule has 0 saturated heterocycles. The highest BCUT2D eigenvalue weighted by molar-refractivity contribution is 5.66. The van der Waals surface area contributed by atoms with E-state index in [1.165, 1.54) is 6.07 Å². The van der Waals surface area contributed by atoms with Crippen molar-refractivity contribution in [3.8, 4) is 5.75 Å². The lowest BCUT2D eigenvalue weighted by molar-refractivity contribution is -0.386. The van der Waals surface area contributed by atoms with Gasteiger partial charge >= 0.3 is 11.7 Å². The van der Waals surface area contributed by atoms with Crippen LogP contribution in [0.4, 0.5) is 5.69 Å². The minimum Gasteiger partial charge on any atom is -0.484 e. The highest BCUT2D eigenvalue weighted by Crippen LogP contribution is 2.31. The van der Waals surface area contributed by atoms with Crippen LogP contribution in [0.25, 0.3) is 0 Å². The van der Waals surface area contributed by atoms with Crippen LogP contribution in [0.5, 0.6) is 5.75 Å². The first-order chi connectivity index (χ1) is 8.41. The molecule has 1 N–H and O–H groups in total. The number of carbonyl (C=O) groups is 1. The molecule has 0 spiro atoms. The third-order valence-electron chi connectivity index (χ3n) is 2.47. The van der Waals surface area contributed by atoms with Crippen molar-refractivity contribution in [1.82, 2.24) is 0 Å². The van der Waals surface area contributed by atoms with Gasteiger partial charge < -0.3 is 9.84 Å². The molecule has 0 aliphatic carbocycles. The number of ether oxygens (including phenoxy) is 1. The molecule has 6 heteroatoms. The van der Waals surface area contributed by atoms with E-state index in [0.717, 1.165) is 0 Å². The molecule has 0 aromatic heterocycles. The first-order valence-corrected chi connectivity index (χ1v) is 5.54. The summed E-state index contributed by atoms with van der Waals surface area (Å²) in [6.07, 6.45) is -0.109. The lowest BCUT2D eigenvalue weighted by Gasteiger charge is -2.15. The van der Waals surface area contributed by atoms with Crippen LogP contribution in [0.2, 0.25) is 0 Å². The molecule has 1 aromatic rings. The van der Waals surface area contributed by atoms with Crippen LogP contribution < -0.4 is 4.74 Å². The number of aliphatic carboxylic acids is 1. The Labute approximate surface area is 104 Å². The molecule has 0 fully saturated rings. The first-order valence-electron chi connectivity index (χ1n) is 5.54. The normalized spacial score (nSPS) is 11.9. The second kappa shape index (κ2) is 6.00. The van der Waals surface area contributed by atoms with Gasteiger partial charge in [0, 0.05) is 12.5 Å². The molecule has 1 aromatic carbocycles. The fraction of sp³-hybridized carbons (Fsp3) is 0.417. The summed E-state index contributed by atoms with van der Waals surface area (Å²) in [5.74, 6) is -0.704. The lowest BCUT2D eigenvalue weighted by Crippen LogP contribution is -2.15. The van der Waals surface area contributed by atoms with Crippen LogP contribution in [0, 0.1) is 17.0 Å². The molecule has 0 aliphatic rings. The maximum absolute atomic E-state index is 10.9. The zero-order valence-electron chi connectivity index (χ0n) is 10.3. The molecule has 98 valence electrons. The van der Waals surface area contributed by atoms with Gasteiger partial charge in [-0.25, -0.2) is 0 Å². The predicted molar refractivity (Wildman–Crippen MR) is 64.8 cm³/mol. The Hall–Kier alpha value is -2.11. The lowest BCUT2D eigenvalue weighted by atomic mass is 10.1. The Bertz CT molecular complexity index is 458. The predicted octanol–water partition coefficient (Wildman–Crippen LogP) is 2.54. The van der Waals surface area contributed by atoms with Gasteiger partial charge in [0.25, 0.3) is 0 Å². The van der Waals surface area contributed by atoms with Crippen LogP contribution >= 0.6 is 0 Å². The molecule has 0 amide bonds. The van der Waals surface area contributed by atoms with Gasteiger partial charge in [0.05, 0.1) is 11.0 Å². The van der Waals surface area contributed by atoms with E-state index in [1.807, 2.05) is 0 Å². The largest absolute Gasteiger partial charge is 0.484 e. The van der Waals surface area contributed by atoms with E-state index in [1.54, 1.807) is 26.0 Å². The van der Waals surface area contributed by atoms with E-state index in [9.17, 15) is 14.9 Å². The third kappa shape index (κ3) is 3.73. The number of aryl methyl sites for hydroxylation is 1. The van der Waals surface area contributed by atoms with Gasteiger partial charge in [-0.3, -0.25) is 14.9 Å². The van der Waals surface area contributed by atoms with Gasteiger partial charge in [-0.05, 0) is 25.8 Å². The van der Waals surface area contributed by atoms with E-state index < -0.39 is 10.9 Å². The number of benzene rings is 1. The minimum atomic E-state index is -0.912. The maximum atomic E-state index is 10.9. The van der Waals surface area contributed by atoms with E-state index in [2.05, 4.69) is 0 Å². The van der Waals surface area contributed by atoms with Gasteiger partial charge in [0.2, 0.25) is 0 Å². The Balaban J connectivity index is 2.83. The van der Waals surface area contributed by atoms with Gasteiger partial charge in [-0.1, -0.05) is 12.1 Å². The van der Waals surface area contributed by atoms with E-state index in [4.69, 9.17) is 9.84 Å². The van der Waals surface area contributed by atoms with Crippen LogP contribution in [0.3, 0.4) is 0 Å². The van der Waals surface area contributed by atoms with Crippen molar-refractivity contribution in [2.24, 2.45) is 0 Å². The molecule has 0 radical (unpaired) electrons. The molecule has 0 aliphatic heterocycles. The summed E-state index contributed by atoms with van der Waals surface area (Å²) in [4.78, 5) is 20.8. The van der Waals surface area contributed by atoms with E-state index >= 15 is 0 Å². The average molecular weight is 253 g/mol. The topological polar surface area (TPSA) is 89.7 Å². The second-order valence-corrected chi connectivity index (χ2v) is 4.04. The number of carboxylic acids is 1. The fourth-order valence-electron chi connectivity index (χ4n) is 1.52. The van der Waals surface area contributed by atoms with Gasteiger partial charge in [-0.2, -0.15) is 0 Å². The summed E-state index contributed by atoms with van der Waals surface area (Å²) in [6, 6.07) is 4.67. The van der Waals surface area contributed by atoms with Crippen LogP contribution in [0.1, 0.15) is 25.3 Å². The Morgan fingerprint density at radius 1 is 1.56 bits per heavy atom. The smallest absolute Gasteiger partial charge is 0.311 e. The van der Waals surface area contributed by atoms with Gasteiger partial charge in [-0.15, -0.1) is 0 Å². The van der Waals surface area contributed by atoms with Crippen molar-refractivity contribution in [1.29, 1.82) is 0 Å².